The number of hydrogen-bond donors (Lipinski definition) is 3. The average molecular weight is 430 g/mol. The number of carbonyl (C=O) groups excluding carboxylic acids is 3. The van der Waals surface area contributed by atoms with Crippen molar-refractivity contribution in [3.63, 3.8) is 0 Å². The van der Waals surface area contributed by atoms with Gasteiger partial charge in [0, 0.05) is 20.3 Å². The van der Waals surface area contributed by atoms with Gasteiger partial charge >= 0.3 is 17.9 Å². The molecule has 31 heavy (non-hydrogen) atoms. The second-order valence-corrected chi connectivity index (χ2v) is 7.45. The van der Waals surface area contributed by atoms with E-state index >= 15 is 0 Å². The quantitative estimate of drug-likeness (QED) is 0.489. The highest BCUT2D eigenvalue weighted by atomic mass is 16.6. The Labute approximate surface area is 179 Å². The van der Waals surface area contributed by atoms with Crippen LogP contribution in [0.5, 0.6) is 0 Å². The zero-order valence-electron chi connectivity index (χ0n) is 17.4. The summed E-state index contributed by atoms with van der Waals surface area (Å²) in [6.07, 6.45) is 2.45. The standard InChI is InChI=1S/C22H26N2O7/c1-13(25)30-18-8-9-22(11-17(24)21(28)29,12-19(18)31-14(2)26)20(27)16(23)10-15-6-4-3-5-7-15/h3-9,16-17H,10-12,23-24H2,1-2H3,(H,28,29)/t16-,17-,22?/m0/s1. The van der Waals surface area contributed by atoms with E-state index in [-0.39, 0.29) is 30.8 Å². The van der Waals surface area contributed by atoms with E-state index in [0.29, 0.717) is 0 Å². The van der Waals surface area contributed by atoms with Crippen molar-refractivity contribution in [1.29, 1.82) is 0 Å². The Morgan fingerprint density at radius 1 is 1.03 bits per heavy atom. The lowest BCUT2D eigenvalue weighted by molar-refractivity contribution is -0.143. The normalized spacial score (nSPS) is 20.0. The second-order valence-electron chi connectivity index (χ2n) is 7.45. The molecule has 0 aromatic heterocycles. The molecule has 5 N–H and O–H groups in total. The molecular weight excluding hydrogens is 404 g/mol. The Morgan fingerprint density at radius 3 is 2.19 bits per heavy atom. The molecule has 1 aromatic carbocycles. The van der Waals surface area contributed by atoms with Crippen LogP contribution in [0.3, 0.4) is 0 Å². The van der Waals surface area contributed by atoms with Crippen molar-refractivity contribution in [3.05, 3.63) is 59.6 Å². The van der Waals surface area contributed by atoms with Gasteiger partial charge < -0.3 is 26.0 Å². The number of benzene rings is 1. The highest BCUT2D eigenvalue weighted by Gasteiger charge is 2.45. The highest BCUT2D eigenvalue weighted by Crippen LogP contribution is 2.41. The first-order valence-electron chi connectivity index (χ1n) is 9.65. The fourth-order valence-corrected chi connectivity index (χ4v) is 3.49. The Kier molecular flexibility index (Phi) is 7.84. The predicted octanol–water partition coefficient (Wildman–Crippen LogP) is 1.21. The first kappa shape index (κ1) is 24.0. The van der Waals surface area contributed by atoms with E-state index in [0.717, 1.165) is 12.5 Å². The van der Waals surface area contributed by atoms with Crippen LogP contribution in [-0.2, 0) is 35.1 Å². The molecule has 0 saturated heterocycles. The number of ketones is 1. The van der Waals surface area contributed by atoms with Gasteiger partial charge in [-0.05, 0) is 24.5 Å². The summed E-state index contributed by atoms with van der Waals surface area (Å²) in [5.74, 6) is -3.19. The molecule has 9 nitrogen and oxygen atoms in total. The van der Waals surface area contributed by atoms with Crippen LogP contribution in [0.4, 0.5) is 0 Å². The van der Waals surface area contributed by atoms with Gasteiger partial charge in [-0.15, -0.1) is 0 Å². The topological polar surface area (TPSA) is 159 Å². The van der Waals surface area contributed by atoms with Crippen molar-refractivity contribution in [2.45, 2.75) is 45.2 Å². The third kappa shape index (κ3) is 6.34. The Balaban J connectivity index is 2.42. The largest absolute Gasteiger partial charge is 0.480 e. The fourth-order valence-electron chi connectivity index (χ4n) is 3.49. The molecule has 9 heteroatoms. The monoisotopic (exact) mass is 430 g/mol. The second kappa shape index (κ2) is 10.1. The van der Waals surface area contributed by atoms with Gasteiger partial charge in [-0.3, -0.25) is 19.2 Å². The van der Waals surface area contributed by atoms with Crippen LogP contribution in [0.1, 0.15) is 32.3 Å². The van der Waals surface area contributed by atoms with Crippen molar-refractivity contribution < 1.29 is 33.8 Å². The third-order valence-electron chi connectivity index (χ3n) is 4.85. The van der Waals surface area contributed by atoms with Crippen molar-refractivity contribution in [1.82, 2.24) is 0 Å². The first-order chi connectivity index (χ1) is 14.5. The number of allylic oxidation sites excluding steroid dienone is 3. The lowest BCUT2D eigenvalue weighted by Gasteiger charge is -2.35. The zero-order valence-corrected chi connectivity index (χ0v) is 17.4. The van der Waals surface area contributed by atoms with E-state index in [2.05, 4.69) is 0 Å². The van der Waals surface area contributed by atoms with E-state index in [4.69, 9.17) is 20.9 Å². The summed E-state index contributed by atoms with van der Waals surface area (Å²) in [5.41, 5.74) is 11.3. The van der Waals surface area contributed by atoms with E-state index in [9.17, 15) is 24.3 Å². The maximum absolute atomic E-state index is 13.4. The molecule has 0 bridgehead atoms. The number of carboxylic acids is 1. The SMILES string of the molecule is CC(=O)OC1=C(OC(C)=O)CC(C[C@H](N)C(=O)O)(C(=O)[C@@H](N)Cc2ccccc2)C=C1. The summed E-state index contributed by atoms with van der Waals surface area (Å²) in [7, 11) is 0. The summed E-state index contributed by atoms with van der Waals surface area (Å²) in [4.78, 5) is 47.8. The molecule has 1 aliphatic carbocycles. The Bertz CT molecular complexity index is 923. The Hall–Kier alpha value is -3.30. The van der Waals surface area contributed by atoms with Crippen LogP contribution in [0.25, 0.3) is 0 Å². The molecule has 1 aromatic rings. The van der Waals surface area contributed by atoms with Gasteiger partial charge in [0.25, 0.3) is 0 Å². The van der Waals surface area contributed by atoms with Gasteiger partial charge in [0.1, 0.15) is 6.04 Å². The van der Waals surface area contributed by atoms with Crippen molar-refractivity contribution >= 4 is 23.7 Å². The number of hydrogen-bond acceptors (Lipinski definition) is 8. The van der Waals surface area contributed by atoms with Gasteiger partial charge in [-0.2, -0.15) is 0 Å². The van der Waals surface area contributed by atoms with Crippen LogP contribution < -0.4 is 11.5 Å². The molecule has 0 fully saturated rings. The van der Waals surface area contributed by atoms with Crippen molar-refractivity contribution in [3.8, 4) is 0 Å². The highest BCUT2D eigenvalue weighted by molar-refractivity contribution is 5.93. The minimum Gasteiger partial charge on any atom is -0.480 e. The number of carboxylic acid groups (broad SMARTS) is 1. The number of nitrogens with two attached hydrogens (primary N) is 2. The number of carbonyl (C=O) groups is 4. The van der Waals surface area contributed by atoms with Crippen LogP contribution in [0.2, 0.25) is 0 Å². The van der Waals surface area contributed by atoms with E-state index in [1.807, 2.05) is 30.3 Å². The molecule has 0 spiro atoms. The minimum atomic E-state index is -1.46. The van der Waals surface area contributed by atoms with E-state index in [1.165, 1.54) is 19.1 Å². The molecule has 1 aliphatic rings. The molecule has 1 unspecified atom stereocenters. The molecular formula is C22H26N2O7. The number of Topliss-reactive ketones (excluding diaryl/α,β-unsaturated/α-hetero) is 1. The minimum absolute atomic E-state index is 0.0355. The number of esters is 2. The fraction of sp³-hybridized carbons (Fsp3) is 0.364. The maximum Gasteiger partial charge on any atom is 0.320 e. The maximum atomic E-state index is 13.4. The zero-order chi connectivity index (χ0) is 23.2. The lowest BCUT2D eigenvalue weighted by atomic mass is 9.69. The molecule has 166 valence electrons. The van der Waals surface area contributed by atoms with Crippen molar-refractivity contribution in [2.75, 3.05) is 0 Å². The molecule has 0 heterocycles. The van der Waals surface area contributed by atoms with Gasteiger partial charge in [-0.25, -0.2) is 0 Å². The summed E-state index contributed by atoms with van der Waals surface area (Å²) >= 11 is 0. The van der Waals surface area contributed by atoms with Crippen LogP contribution in [0, 0.1) is 5.41 Å². The summed E-state index contributed by atoms with van der Waals surface area (Å²) < 4.78 is 10.3. The molecule has 2 rings (SSSR count). The first-order valence-corrected chi connectivity index (χ1v) is 9.65. The molecule has 0 aliphatic heterocycles. The lowest BCUT2D eigenvalue weighted by Crippen LogP contribution is -2.49. The number of aliphatic carboxylic acids is 1. The number of ether oxygens (including phenoxy) is 2. The molecule has 0 saturated carbocycles. The van der Waals surface area contributed by atoms with Crippen LogP contribution in [0.15, 0.2) is 54.0 Å². The van der Waals surface area contributed by atoms with Crippen molar-refractivity contribution in [2.24, 2.45) is 16.9 Å². The van der Waals surface area contributed by atoms with Crippen LogP contribution in [-0.4, -0.2) is 40.9 Å². The van der Waals surface area contributed by atoms with Gasteiger partial charge in [-0.1, -0.05) is 36.4 Å². The predicted molar refractivity (Wildman–Crippen MR) is 110 cm³/mol. The molecule has 0 radical (unpaired) electrons. The average Bonchev–Trinajstić information content (AvgIpc) is 2.69. The van der Waals surface area contributed by atoms with Gasteiger partial charge in [0.05, 0.1) is 11.5 Å². The van der Waals surface area contributed by atoms with Gasteiger partial charge in [0.15, 0.2) is 17.3 Å². The molecule has 3 atom stereocenters. The number of rotatable bonds is 9. The van der Waals surface area contributed by atoms with Crippen LogP contribution >= 0.6 is 0 Å². The van der Waals surface area contributed by atoms with Gasteiger partial charge in [0.2, 0.25) is 0 Å². The Morgan fingerprint density at radius 2 is 1.65 bits per heavy atom. The van der Waals surface area contributed by atoms with E-state index in [1.54, 1.807) is 0 Å². The summed E-state index contributed by atoms with van der Waals surface area (Å²) in [5, 5.41) is 9.31. The summed E-state index contributed by atoms with van der Waals surface area (Å²) in [6, 6.07) is 6.77. The van der Waals surface area contributed by atoms with E-state index < -0.39 is 41.2 Å². The molecule has 0 amide bonds. The summed E-state index contributed by atoms with van der Waals surface area (Å²) in [6.45, 7) is 2.33. The third-order valence-corrected chi connectivity index (χ3v) is 4.85. The smallest absolute Gasteiger partial charge is 0.320 e.